The van der Waals surface area contributed by atoms with Crippen LogP contribution in [0.15, 0.2) is 41.3 Å². The Morgan fingerprint density at radius 3 is 2.61 bits per heavy atom. The van der Waals surface area contributed by atoms with E-state index >= 15 is 0 Å². The van der Waals surface area contributed by atoms with E-state index in [2.05, 4.69) is 5.32 Å². The van der Waals surface area contributed by atoms with E-state index in [1.165, 1.54) is 17.5 Å². The van der Waals surface area contributed by atoms with Crippen LogP contribution in [-0.2, 0) is 14.8 Å². The van der Waals surface area contributed by atoms with Crippen LogP contribution in [0.4, 0.5) is 5.69 Å². The predicted octanol–water partition coefficient (Wildman–Crippen LogP) is 3.76. The highest BCUT2D eigenvalue weighted by molar-refractivity contribution is 7.89. The summed E-state index contributed by atoms with van der Waals surface area (Å²) in [6.07, 6.45) is 1.09. The average molecular weight is 423 g/mol. The fourth-order valence-corrected chi connectivity index (χ4v) is 5.42. The number of hydrogen-bond acceptors (Lipinski definition) is 4. The van der Waals surface area contributed by atoms with Crippen molar-refractivity contribution in [1.82, 2.24) is 4.31 Å². The van der Waals surface area contributed by atoms with Crippen molar-refractivity contribution in [3.8, 4) is 5.75 Å². The molecule has 6 nitrogen and oxygen atoms in total. The molecule has 28 heavy (non-hydrogen) atoms. The Morgan fingerprint density at radius 2 is 1.89 bits per heavy atom. The third kappa shape index (κ3) is 4.01. The maximum Gasteiger partial charge on any atom is 0.244 e. The molecule has 150 valence electrons. The number of amides is 1. The molecular weight excluding hydrogens is 400 g/mol. The molecule has 2 aromatic carbocycles. The molecule has 0 spiro atoms. The highest BCUT2D eigenvalue weighted by Gasteiger charge is 2.40. The van der Waals surface area contributed by atoms with Crippen LogP contribution in [0.5, 0.6) is 5.75 Å². The molecule has 2 aromatic rings. The molecule has 1 aliphatic rings. The number of aryl methyl sites for hydroxylation is 2. The van der Waals surface area contributed by atoms with Crippen LogP contribution in [0.3, 0.4) is 0 Å². The van der Waals surface area contributed by atoms with E-state index in [0.29, 0.717) is 41.4 Å². The largest absolute Gasteiger partial charge is 0.497 e. The first kappa shape index (κ1) is 20.6. The Labute approximate surface area is 170 Å². The summed E-state index contributed by atoms with van der Waals surface area (Å²) in [5, 5.41) is 3.33. The molecule has 1 amide bonds. The number of carbonyl (C=O) groups is 1. The molecule has 8 heteroatoms. The van der Waals surface area contributed by atoms with Gasteiger partial charge < -0.3 is 10.1 Å². The van der Waals surface area contributed by atoms with Crippen molar-refractivity contribution in [2.75, 3.05) is 19.0 Å². The van der Waals surface area contributed by atoms with Gasteiger partial charge in [-0.25, -0.2) is 8.42 Å². The number of halogens is 1. The fourth-order valence-electron chi connectivity index (χ4n) is 3.35. The van der Waals surface area contributed by atoms with Gasteiger partial charge in [-0.2, -0.15) is 4.31 Å². The molecule has 0 radical (unpaired) electrons. The minimum atomic E-state index is -3.84. The van der Waals surface area contributed by atoms with Gasteiger partial charge in [-0.15, -0.1) is 0 Å². The van der Waals surface area contributed by atoms with Gasteiger partial charge in [0.1, 0.15) is 11.8 Å². The standard InChI is InChI=1S/C20H23ClN2O4S/c1-13-6-8-15(21)11-17(13)22-20(24)18-5-4-10-23(18)28(25,26)19-12-16(27-3)9-7-14(19)2/h6-9,11-12,18H,4-5,10H2,1-3H3,(H,22,24)/t18-/m0/s1. The van der Waals surface area contributed by atoms with Gasteiger partial charge in [0, 0.05) is 23.3 Å². The molecule has 1 saturated heterocycles. The van der Waals surface area contributed by atoms with Crippen molar-refractivity contribution in [3.63, 3.8) is 0 Å². The van der Waals surface area contributed by atoms with Gasteiger partial charge in [0.2, 0.25) is 15.9 Å². The maximum atomic E-state index is 13.3. The second-order valence-corrected chi connectivity index (χ2v) is 9.15. The predicted molar refractivity (Wildman–Crippen MR) is 109 cm³/mol. The molecule has 1 atom stereocenters. The van der Waals surface area contributed by atoms with E-state index in [1.54, 1.807) is 37.3 Å². The summed E-state index contributed by atoms with van der Waals surface area (Å²) in [6, 6.07) is 9.35. The van der Waals surface area contributed by atoms with Crippen LogP contribution >= 0.6 is 11.6 Å². The monoisotopic (exact) mass is 422 g/mol. The van der Waals surface area contributed by atoms with Crippen LogP contribution in [0.25, 0.3) is 0 Å². The Bertz CT molecular complexity index is 1010. The third-order valence-electron chi connectivity index (χ3n) is 4.95. The molecule has 1 heterocycles. The summed E-state index contributed by atoms with van der Waals surface area (Å²) < 4.78 is 33.0. The van der Waals surface area contributed by atoms with E-state index in [0.717, 1.165) is 5.56 Å². The molecule has 0 unspecified atom stereocenters. The van der Waals surface area contributed by atoms with Gasteiger partial charge in [0.15, 0.2) is 0 Å². The molecule has 0 bridgehead atoms. The van der Waals surface area contributed by atoms with E-state index < -0.39 is 16.1 Å². The summed E-state index contributed by atoms with van der Waals surface area (Å²) >= 11 is 6.02. The number of sulfonamides is 1. The minimum Gasteiger partial charge on any atom is -0.497 e. The zero-order valence-corrected chi connectivity index (χ0v) is 17.6. The van der Waals surface area contributed by atoms with Gasteiger partial charge in [-0.05, 0) is 56.0 Å². The number of hydrogen-bond donors (Lipinski definition) is 1. The van der Waals surface area contributed by atoms with Gasteiger partial charge in [0.25, 0.3) is 0 Å². The smallest absolute Gasteiger partial charge is 0.244 e. The molecular formula is C20H23ClN2O4S. The van der Waals surface area contributed by atoms with Gasteiger partial charge in [-0.3, -0.25) is 4.79 Å². The Kier molecular flexibility index (Phi) is 5.98. The summed E-state index contributed by atoms with van der Waals surface area (Å²) in [5.41, 5.74) is 2.05. The zero-order chi connectivity index (χ0) is 20.5. The van der Waals surface area contributed by atoms with Crippen molar-refractivity contribution < 1.29 is 17.9 Å². The van der Waals surface area contributed by atoms with Crippen LogP contribution < -0.4 is 10.1 Å². The van der Waals surface area contributed by atoms with Gasteiger partial charge in [0.05, 0.1) is 12.0 Å². The lowest BCUT2D eigenvalue weighted by Gasteiger charge is -2.24. The Morgan fingerprint density at radius 1 is 1.18 bits per heavy atom. The van der Waals surface area contributed by atoms with Crippen molar-refractivity contribution in [1.29, 1.82) is 0 Å². The first-order valence-electron chi connectivity index (χ1n) is 8.97. The Hall–Kier alpha value is -2.09. The van der Waals surface area contributed by atoms with Gasteiger partial charge >= 0.3 is 0 Å². The van der Waals surface area contributed by atoms with Crippen molar-refractivity contribution in [3.05, 3.63) is 52.5 Å². The summed E-state index contributed by atoms with van der Waals surface area (Å²) in [4.78, 5) is 13.0. The highest BCUT2D eigenvalue weighted by Crippen LogP contribution is 2.31. The van der Waals surface area contributed by atoms with Crippen molar-refractivity contribution in [2.45, 2.75) is 37.6 Å². The zero-order valence-electron chi connectivity index (χ0n) is 16.0. The van der Waals surface area contributed by atoms with Crippen LogP contribution in [0.1, 0.15) is 24.0 Å². The summed E-state index contributed by atoms with van der Waals surface area (Å²) in [6.45, 7) is 3.88. The highest BCUT2D eigenvalue weighted by atomic mass is 35.5. The minimum absolute atomic E-state index is 0.158. The number of rotatable bonds is 5. The molecule has 0 aromatic heterocycles. The first-order chi connectivity index (χ1) is 13.2. The molecule has 0 aliphatic carbocycles. The normalized spacial score (nSPS) is 17.5. The SMILES string of the molecule is COc1ccc(C)c(S(=O)(=O)N2CCC[C@H]2C(=O)Nc2cc(Cl)ccc2C)c1. The number of nitrogens with one attached hydrogen (secondary N) is 1. The number of benzene rings is 2. The lowest BCUT2D eigenvalue weighted by molar-refractivity contribution is -0.119. The number of ether oxygens (including phenoxy) is 1. The maximum absolute atomic E-state index is 13.3. The number of anilines is 1. The van der Waals surface area contributed by atoms with Crippen molar-refractivity contribution in [2.24, 2.45) is 0 Å². The average Bonchev–Trinajstić information content (AvgIpc) is 3.16. The fraction of sp³-hybridized carbons (Fsp3) is 0.350. The number of methoxy groups -OCH3 is 1. The third-order valence-corrected chi connectivity index (χ3v) is 7.23. The van der Waals surface area contributed by atoms with E-state index in [-0.39, 0.29) is 10.8 Å². The lowest BCUT2D eigenvalue weighted by Crippen LogP contribution is -2.43. The first-order valence-corrected chi connectivity index (χ1v) is 10.8. The molecule has 3 rings (SSSR count). The molecule has 1 aliphatic heterocycles. The molecule has 1 N–H and O–H groups in total. The lowest BCUT2D eigenvalue weighted by atomic mass is 10.1. The molecule has 0 saturated carbocycles. The van der Waals surface area contributed by atoms with E-state index in [4.69, 9.17) is 16.3 Å². The number of carbonyl (C=O) groups excluding carboxylic acids is 1. The van der Waals surface area contributed by atoms with E-state index in [1.807, 2.05) is 6.92 Å². The summed E-state index contributed by atoms with van der Waals surface area (Å²) in [5.74, 6) is 0.103. The van der Waals surface area contributed by atoms with Gasteiger partial charge in [-0.1, -0.05) is 23.7 Å². The number of nitrogens with zero attached hydrogens (tertiary/aromatic N) is 1. The van der Waals surface area contributed by atoms with Crippen LogP contribution in [0.2, 0.25) is 5.02 Å². The van der Waals surface area contributed by atoms with Crippen LogP contribution in [0, 0.1) is 13.8 Å². The van der Waals surface area contributed by atoms with Crippen molar-refractivity contribution >= 4 is 33.2 Å². The Balaban J connectivity index is 1.89. The quantitative estimate of drug-likeness (QED) is 0.796. The van der Waals surface area contributed by atoms with E-state index in [9.17, 15) is 13.2 Å². The van der Waals surface area contributed by atoms with Crippen LogP contribution in [-0.4, -0.2) is 38.3 Å². The second-order valence-electron chi connectivity index (χ2n) is 6.85. The second kappa shape index (κ2) is 8.11. The summed E-state index contributed by atoms with van der Waals surface area (Å²) in [7, 11) is -2.35. The molecule has 1 fully saturated rings. The topological polar surface area (TPSA) is 75.7 Å².